The third-order valence-electron chi connectivity index (χ3n) is 5.10. The van der Waals surface area contributed by atoms with Crippen LogP contribution in [0.3, 0.4) is 0 Å². The molecule has 0 fully saturated rings. The molecule has 0 atom stereocenters. The summed E-state index contributed by atoms with van der Waals surface area (Å²) >= 11 is 12.7. The van der Waals surface area contributed by atoms with Crippen LogP contribution in [0.5, 0.6) is 5.75 Å². The standard InChI is InChI=1S/C28H18Br2ClN3O4/c29-21-13-20(25(24(30)15-21)38-28(37)18-9-11-22(31)12-10-18)16-32-34-27(36)19-7-4-8-23(14-19)33-26(35)17-5-2-1-3-6-17/h1-16H,(H,33,35)(H,34,36). The molecule has 2 N–H and O–H groups in total. The minimum absolute atomic E-state index is 0.219. The van der Waals surface area contributed by atoms with Crippen LogP contribution in [-0.2, 0) is 0 Å². The molecule has 4 rings (SSSR count). The van der Waals surface area contributed by atoms with Crippen LogP contribution < -0.4 is 15.5 Å². The first-order chi connectivity index (χ1) is 18.3. The van der Waals surface area contributed by atoms with Crippen LogP contribution >= 0.6 is 43.5 Å². The number of hydrazone groups is 1. The lowest BCUT2D eigenvalue weighted by Crippen LogP contribution is -2.18. The average molecular weight is 656 g/mol. The molecular formula is C28H18Br2ClN3O4. The highest BCUT2D eigenvalue weighted by molar-refractivity contribution is 9.11. The SMILES string of the molecule is O=C(NN=Cc1cc(Br)cc(Br)c1OC(=O)c1ccc(Cl)cc1)c1cccc(NC(=O)c2ccccc2)c1. The Bertz CT molecular complexity index is 1530. The highest BCUT2D eigenvalue weighted by Crippen LogP contribution is 2.32. The van der Waals surface area contributed by atoms with Crippen LogP contribution in [0.15, 0.2) is 105 Å². The molecule has 0 radical (unpaired) electrons. The summed E-state index contributed by atoms with van der Waals surface area (Å²) in [6, 6.07) is 24.9. The molecule has 0 spiro atoms. The lowest BCUT2D eigenvalue weighted by Gasteiger charge is -2.11. The van der Waals surface area contributed by atoms with Gasteiger partial charge >= 0.3 is 5.97 Å². The number of hydrogen-bond acceptors (Lipinski definition) is 5. The van der Waals surface area contributed by atoms with Crippen molar-refractivity contribution in [3.8, 4) is 5.75 Å². The Labute approximate surface area is 240 Å². The number of rotatable bonds is 7. The first kappa shape index (κ1) is 27.3. The van der Waals surface area contributed by atoms with Gasteiger partial charge in [0.15, 0.2) is 5.75 Å². The minimum Gasteiger partial charge on any atom is -0.421 e. The average Bonchev–Trinajstić information content (AvgIpc) is 2.91. The topological polar surface area (TPSA) is 96.9 Å². The van der Waals surface area contributed by atoms with Crippen molar-refractivity contribution in [2.24, 2.45) is 5.10 Å². The molecular weight excluding hydrogens is 638 g/mol. The van der Waals surface area contributed by atoms with E-state index in [1.54, 1.807) is 84.9 Å². The zero-order chi connectivity index (χ0) is 27.1. The third-order valence-corrected chi connectivity index (χ3v) is 6.40. The first-order valence-electron chi connectivity index (χ1n) is 11.1. The predicted molar refractivity (Wildman–Crippen MR) is 154 cm³/mol. The number of carbonyl (C=O) groups excluding carboxylic acids is 3. The van der Waals surface area contributed by atoms with E-state index in [4.69, 9.17) is 16.3 Å². The van der Waals surface area contributed by atoms with Gasteiger partial charge in [-0.2, -0.15) is 5.10 Å². The molecule has 0 aliphatic carbocycles. The Morgan fingerprint density at radius 2 is 1.50 bits per heavy atom. The Balaban J connectivity index is 1.46. The smallest absolute Gasteiger partial charge is 0.343 e. The van der Waals surface area contributed by atoms with Crippen molar-refractivity contribution in [1.82, 2.24) is 5.43 Å². The molecule has 0 heterocycles. The minimum atomic E-state index is -0.585. The number of nitrogens with one attached hydrogen (secondary N) is 2. The van der Waals surface area contributed by atoms with Gasteiger partial charge in [0.1, 0.15) is 0 Å². The normalized spacial score (nSPS) is 10.7. The van der Waals surface area contributed by atoms with Crippen molar-refractivity contribution in [1.29, 1.82) is 0 Å². The van der Waals surface area contributed by atoms with Crippen molar-refractivity contribution in [3.63, 3.8) is 0 Å². The van der Waals surface area contributed by atoms with Gasteiger partial charge in [0, 0.05) is 31.9 Å². The van der Waals surface area contributed by atoms with Crippen molar-refractivity contribution >= 4 is 73.1 Å². The quantitative estimate of drug-likeness (QED) is 0.0961. The molecule has 0 saturated carbocycles. The van der Waals surface area contributed by atoms with Crippen molar-refractivity contribution < 1.29 is 19.1 Å². The summed E-state index contributed by atoms with van der Waals surface area (Å²) in [7, 11) is 0. The maximum Gasteiger partial charge on any atom is 0.343 e. The van der Waals surface area contributed by atoms with E-state index in [0.717, 1.165) is 0 Å². The van der Waals surface area contributed by atoms with Gasteiger partial charge in [0.2, 0.25) is 0 Å². The second-order valence-corrected chi connectivity index (χ2v) is 10.0. The molecule has 0 aliphatic rings. The van der Waals surface area contributed by atoms with Gasteiger partial charge in [-0.05, 0) is 82.7 Å². The summed E-state index contributed by atoms with van der Waals surface area (Å²) in [5, 5.41) is 7.29. The largest absolute Gasteiger partial charge is 0.421 e. The molecule has 0 saturated heterocycles. The number of hydrogen-bond donors (Lipinski definition) is 2. The Hall–Kier alpha value is -3.79. The molecule has 0 aromatic heterocycles. The molecule has 190 valence electrons. The molecule has 0 bridgehead atoms. The number of nitrogens with zero attached hydrogens (tertiary/aromatic N) is 1. The fourth-order valence-electron chi connectivity index (χ4n) is 3.28. The maximum absolute atomic E-state index is 12.7. The number of carbonyl (C=O) groups is 3. The van der Waals surface area contributed by atoms with E-state index in [1.165, 1.54) is 6.21 Å². The molecule has 2 amide bonds. The van der Waals surface area contributed by atoms with E-state index in [2.05, 4.69) is 47.7 Å². The predicted octanol–water partition coefficient (Wildman–Crippen LogP) is 7.10. The summed E-state index contributed by atoms with van der Waals surface area (Å²) < 4.78 is 6.80. The number of esters is 1. The highest BCUT2D eigenvalue weighted by Gasteiger charge is 2.16. The maximum atomic E-state index is 12.7. The number of ether oxygens (including phenoxy) is 1. The van der Waals surface area contributed by atoms with Gasteiger partial charge in [-0.1, -0.05) is 51.8 Å². The van der Waals surface area contributed by atoms with Crippen LogP contribution in [-0.4, -0.2) is 24.0 Å². The number of amides is 2. The summed E-state index contributed by atoms with van der Waals surface area (Å²) in [5.41, 5.74) is 4.45. The van der Waals surface area contributed by atoms with E-state index < -0.39 is 11.9 Å². The van der Waals surface area contributed by atoms with Crippen LogP contribution in [0.1, 0.15) is 36.6 Å². The number of halogens is 3. The van der Waals surface area contributed by atoms with E-state index in [0.29, 0.717) is 36.3 Å². The highest BCUT2D eigenvalue weighted by atomic mass is 79.9. The fourth-order valence-corrected chi connectivity index (χ4v) is 4.74. The van der Waals surface area contributed by atoms with Crippen LogP contribution in [0.2, 0.25) is 5.02 Å². The van der Waals surface area contributed by atoms with Crippen molar-refractivity contribution in [2.75, 3.05) is 5.32 Å². The molecule has 4 aromatic rings. The second kappa shape index (κ2) is 12.6. The summed E-state index contributed by atoms with van der Waals surface area (Å²) in [6.07, 6.45) is 1.36. The lowest BCUT2D eigenvalue weighted by molar-refractivity contribution is 0.0732. The van der Waals surface area contributed by atoms with Crippen LogP contribution in [0, 0.1) is 0 Å². The van der Waals surface area contributed by atoms with E-state index in [9.17, 15) is 14.4 Å². The molecule has 0 unspecified atom stereocenters. The zero-order valence-electron chi connectivity index (χ0n) is 19.5. The number of anilines is 1. The summed E-state index contributed by atoms with van der Waals surface area (Å²) in [6.45, 7) is 0. The number of benzene rings is 4. The van der Waals surface area contributed by atoms with E-state index in [1.807, 2.05) is 6.07 Å². The van der Waals surface area contributed by atoms with Crippen molar-refractivity contribution in [3.05, 3.63) is 127 Å². The van der Waals surface area contributed by atoms with Gasteiger partial charge in [-0.3, -0.25) is 9.59 Å². The van der Waals surface area contributed by atoms with Gasteiger partial charge in [-0.25, -0.2) is 10.2 Å². The lowest BCUT2D eigenvalue weighted by atomic mass is 10.1. The van der Waals surface area contributed by atoms with Crippen molar-refractivity contribution in [2.45, 2.75) is 0 Å². The second-order valence-electron chi connectivity index (χ2n) is 7.80. The Morgan fingerprint density at radius 3 is 2.24 bits per heavy atom. The van der Waals surface area contributed by atoms with Gasteiger partial charge in [0.25, 0.3) is 11.8 Å². The van der Waals surface area contributed by atoms with Gasteiger partial charge < -0.3 is 10.1 Å². The third kappa shape index (κ3) is 7.16. The molecule has 0 aliphatic heterocycles. The molecule has 38 heavy (non-hydrogen) atoms. The molecule has 10 heteroatoms. The fraction of sp³-hybridized carbons (Fsp3) is 0. The molecule has 7 nitrogen and oxygen atoms in total. The Morgan fingerprint density at radius 1 is 0.789 bits per heavy atom. The summed E-state index contributed by atoms with van der Waals surface area (Å²) in [4.78, 5) is 37.7. The van der Waals surface area contributed by atoms with E-state index in [-0.39, 0.29) is 17.2 Å². The van der Waals surface area contributed by atoms with E-state index >= 15 is 0 Å². The Kier molecular flexibility index (Phi) is 9.06. The monoisotopic (exact) mass is 653 g/mol. The first-order valence-corrected chi connectivity index (χ1v) is 13.0. The van der Waals surface area contributed by atoms with Crippen LogP contribution in [0.4, 0.5) is 5.69 Å². The molecule has 4 aromatic carbocycles. The zero-order valence-corrected chi connectivity index (χ0v) is 23.4. The van der Waals surface area contributed by atoms with Gasteiger partial charge in [0.05, 0.1) is 16.3 Å². The van der Waals surface area contributed by atoms with Crippen LogP contribution in [0.25, 0.3) is 0 Å². The van der Waals surface area contributed by atoms with Gasteiger partial charge in [-0.15, -0.1) is 0 Å². The summed E-state index contributed by atoms with van der Waals surface area (Å²) in [5.74, 6) is -1.15.